The molecule has 3 atom stereocenters. The number of nitrogens with two attached hydrogens (primary N) is 1. The maximum atomic E-state index is 11.7. The number of rotatable bonds is 6. The lowest BCUT2D eigenvalue weighted by molar-refractivity contribution is -0.137. The van der Waals surface area contributed by atoms with Crippen molar-refractivity contribution in [1.29, 1.82) is 0 Å². The Hall–Kier alpha value is -1.10. The van der Waals surface area contributed by atoms with Gasteiger partial charge in [0.15, 0.2) is 0 Å². The molecule has 0 saturated heterocycles. The average molecular weight is 256 g/mol. The van der Waals surface area contributed by atoms with Gasteiger partial charge in [-0.3, -0.25) is 9.59 Å². The highest BCUT2D eigenvalue weighted by Crippen LogP contribution is 2.27. The number of hydrogen-bond donors (Lipinski definition) is 3. The predicted molar refractivity (Wildman–Crippen MR) is 69.0 cm³/mol. The first-order valence-corrected chi connectivity index (χ1v) is 6.74. The van der Waals surface area contributed by atoms with Gasteiger partial charge in [0.2, 0.25) is 5.91 Å². The fourth-order valence-corrected chi connectivity index (χ4v) is 2.53. The molecule has 0 aromatic carbocycles. The maximum Gasteiger partial charge on any atom is 0.303 e. The van der Waals surface area contributed by atoms with Crippen LogP contribution >= 0.6 is 0 Å². The number of nitrogens with one attached hydrogen (secondary N) is 1. The zero-order valence-electron chi connectivity index (χ0n) is 11.0. The van der Waals surface area contributed by atoms with E-state index in [-0.39, 0.29) is 18.7 Å². The smallest absolute Gasteiger partial charge is 0.303 e. The first kappa shape index (κ1) is 15.0. The van der Waals surface area contributed by atoms with Gasteiger partial charge in [-0.2, -0.15) is 0 Å². The molecule has 0 bridgehead atoms. The third kappa shape index (κ3) is 5.49. The minimum atomic E-state index is -0.917. The van der Waals surface area contributed by atoms with Gasteiger partial charge < -0.3 is 16.2 Å². The molecule has 1 aliphatic rings. The fraction of sp³-hybridized carbons (Fsp3) is 0.846. The molecule has 0 radical (unpaired) electrons. The van der Waals surface area contributed by atoms with Crippen molar-refractivity contribution in [3.8, 4) is 0 Å². The molecule has 3 unspecified atom stereocenters. The summed E-state index contributed by atoms with van der Waals surface area (Å²) in [6, 6.07) is -0.706. The van der Waals surface area contributed by atoms with Crippen LogP contribution < -0.4 is 11.1 Å². The third-order valence-corrected chi connectivity index (χ3v) is 3.62. The highest BCUT2D eigenvalue weighted by atomic mass is 16.4. The Morgan fingerprint density at radius 2 is 2.17 bits per heavy atom. The molecule has 1 rings (SSSR count). The van der Waals surface area contributed by atoms with Gasteiger partial charge in [-0.1, -0.05) is 19.8 Å². The highest BCUT2D eigenvalue weighted by Gasteiger charge is 2.21. The van der Waals surface area contributed by atoms with E-state index in [9.17, 15) is 9.59 Å². The molecular formula is C13H24N2O3. The Balaban J connectivity index is 2.21. The van der Waals surface area contributed by atoms with Crippen LogP contribution in [0.3, 0.4) is 0 Å². The molecule has 5 heteroatoms. The van der Waals surface area contributed by atoms with E-state index >= 15 is 0 Å². The number of carboxylic acid groups (broad SMARTS) is 1. The second kappa shape index (κ2) is 7.36. The third-order valence-electron chi connectivity index (χ3n) is 3.62. The van der Waals surface area contributed by atoms with E-state index in [0.29, 0.717) is 12.5 Å². The lowest BCUT2D eigenvalue weighted by Gasteiger charge is -2.27. The summed E-state index contributed by atoms with van der Waals surface area (Å²) < 4.78 is 0. The number of amides is 1. The summed E-state index contributed by atoms with van der Waals surface area (Å²) in [6.45, 7) is 2.91. The van der Waals surface area contributed by atoms with Gasteiger partial charge in [-0.15, -0.1) is 0 Å². The van der Waals surface area contributed by atoms with E-state index in [2.05, 4.69) is 12.2 Å². The Kier molecular flexibility index (Phi) is 6.12. The summed E-state index contributed by atoms with van der Waals surface area (Å²) >= 11 is 0. The predicted octanol–water partition coefficient (Wildman–Crippen LogP) is 1.12. The van der Waals surface area contributed by atoms with Gasteiger partial charge in [-0.25, -0.2) is 0 Å². The van der Waals surface area contributed by atoms with Crippen molar-refractivity contribution >= 4 is 11.9 Å². The molecule has 0 aromatic heterocycles. The first-order valence-electron chi connectivity index (χ1n) is 6.74. The SMILES string of the molecule is CC1CCCC(CNC(=O)C(N)CCC(=O)O)C1. The van der Waals surface area contributed by atoms with Gasteiger partial charge in [0.1, 0.15) is 0 Å². The molecular weight excluding hydrogens is 232 g/mol. The molecule has 0 aromatic rings. The average Bonchev–Trinajstić information content (AvgIpc) is 2.33. The van der Waals surface area contributed by atoms with E-state index in [0.717, 1.165) is 18.8 Å². The molecule has 1 saturated carbocycles. The number of aliphatic carboxylic acids is 1. The quantitative estimate of drug-likeness (QED) is 0.664. The van der Waals surface area contributed by atoms with Crippen molar-refractivity contribution < 1.29 is 14.7 Å². The normalized spacial score (nSPS) is 25.4. The molecule has 0 aliphatic heterocycles. The van der Waals surface area contributed by atoms with E-state index in [1.807, 2.05) is 0 Å². The maximum absolute atomic E-state index is 11.7. The minimum absolute atomic E-state index is 0.0605. The second-order valence-corrected chi connectivity index (χ2v) is 5.42. The zero-order valence-corrected chi connectivity index (χ0v) is 11.0. The monoisotopic (exact) mass is 256 g/mol. The van der Waals surface area contributed by atoms with Crippen molar-refractivity contribution in [3.05, 3.63) is 0 Å². The van der Waals surface area contributed by atoms with Crippen molar-refractivity contribution in [3.63, 3.8) is 0 Å². The number of hydrogen-bond acceptors (Lipinski definition) is 3. The van der Waals surface area contributed by atoms with Crippen LogP contribution in [0.5, 0.6) is 0 Å². The molecule has 0 heterocycles. The Morgan fingerprint density at radius 1 is 1.44 bits per heavy atom. The molecule has 1 fully saturated rings. The molecule has 1 amide bonds. The summed E-state index contributed by atoms with van der Waals surface area (Å²) in [5.41, 5.74) is 5.63. The van der Waals surface area contributed by atoms with Gasteiger partial charge in [0.05, 0.1) is 6.04 Å². The van der Waals surface area contributed by atoms with Gasteiger partial charge in [0, 0.05) is 13.0 Å². The van der Waals surface area contributed by atoms with Crippen molar-refractivity contribution in [1.82, 2.24) is 5.32 Å². The fourth-order valence-electron chi connectivity index (χ4n) is 2.53. The van der Waals surface area contributed by atoms with E-state index in [1.165, 1.54) is 12.8 Å². The molecule has 18 heavy (non-hydrogen) atoms. The van der Waals surface area contributed by atoms with Crippen LogP contribution in [0.15, 0.2) is 0 Å². The van der Waals surface area contributed by atoms with E-state index in [4.69, 9.17) is 10.8 Å². The molecule has 104 valence electrons. The topological polar surface area (TPSA) is 92.4 Å². The standard InChI is InChI=1S/C13H24N2O3/c1-9-3-2-4-10(7-9)8-15-13(18)11(14)5-6-12(16)17/h9-11H,2-8,14H2,1H3,(H,15,18)(H,16,17). The molecule has 1 aliphatic carbocycles. The first-order chi connectivity index (χ1) is 8.49. The molecule has 5 nitrogen and oxygen atoms in total. The lowest BCUT2D eigenvalue weighted by atomic mass is 9.82. The zero-order chi connectivity index (χ0) is 13.5. The second-order valence-electron chi connectivity index (χ2n) is 5.42. The Morgan fingerprint density at radius 3 is 2.78 bits per heavy atom. The van der Waals surface area contributed by atoms with Crippen molar-refractivity contribution in [2.45, 2.75) is 51.5 Å². The van der Waals surface area contributed by atoms with Gasteiger partial charge in [-0.05, 0) is 31.1 Å². The van der Waals surface area contributed by atoms with E-state index < -0.39 is 12.0 Å². The molecule has 4 N–H and O–H groups in total. The highest BCUT2D eigenvalue weighted by molar-refractivity contribution is 5.82. The minimum Gasteiger partial charge on any atom is -0.481 e. The van der Waals surface area contributed by atoms with Gasteiger partial charge >= 0.3 is 5.97 Å². The van der Waals surface area contributed by atoms with E-state index in [1.54, 1.807) is 0 Å². The van der Waals surface area contributed by atoms with Crippen LogP contribution in [0.25, 0.3) is 0 Å². The summed E-state index contributed by atoms with van der Waals surface area (Å²) in [5, 5.41) is 11.4. The number of carbonyl (C=O) groups is 2. The molecule has 0 spiro atoms. The van der Waals surface area contributed by atoms with Crippen LogP contribution in [0, 0.1) is 11.8 Å². The van der Waals surface area contributed by atoms with Gasteiger partial charge in [0.25, 0.3) is 0 Å². The van der Waals surface area contributed by atoms with Crippen molar-refractivity contribution in [2.75, 3.05) is 6.54 Å². The van der Waals surface area contributed by atoms with Crippen LogP contribution in [-0.2, 0) is 9.59 Å². The Labute approximate surface area is 108 Å². The van der Waals surface area contributed by atoms with Crippen LogP contribution in [0.4, 0.5) is 0 Å². The van der Waals surface area contributed by atoms with Crippen molar-refractivity contribution in [2.24, 2.45) is 17.6 Å². The summed E-state index contributed by atoms with van der Waals surface area (Å²) in [4.78, 5) is 22.0. The summed E-state index contributed by atoms with van der Waals surface area (Å²) in [7, 11) is 0. The summed E-state index contributed by atoms with van der Waals surface area (Å²) in [6.07, 6.45) is 4.96. The van der Waals surface area contributed by atoms with Crippen LogP contribution in [0.1, 0.15) is 45.4 Å². The largest absolute Gasteiger partial charge is 0.481 e. The van der Waals surface area contributed by atoms with Crippen LogP contribution in [0.2, 0.25) is 0 Å². The Bertz CT molecular complexity index is 294. The number of carbonyl (C=O) groups excluding carboxylic acids is 1. The summed E-state index contributed by atoms with van der Waals surface area (Å²) in [5.74, 6) is 0.138. The number of carboxylic acids is 1. The van der Waals surface area contributed by atoms with Crippen LogP contribution in [-0.4, -0.2) is 29.6 Å². The lowest BCUT2D eigenvalue weighted by Crippen LogP contribution is -2.43.